The largest absolute Gasteiger partial charge is 0.389 e. The summed E-state index contributed by atoms with van der Waals surface area (Å²) in [6.45, 7) is 0. The van der Waals surface area contributed by atoms with E-state index in [1.54, 1.807) is 0 Å². The normalized spacial score (nSPS) is 14.5. The lowest BCUT2D eigenvalue weighted by Crippen LogP contribution is -2.26. The molecule has 0 aromatic heterocycles. The van der Waals surface area contributed by atoms with Gasteiger partial charge in [0.2, 0.25) is 0 Å². The van der Waals surface area contributed by atoms with E-state index in [9.17, 15) is 0 Å². The minimum atomic E-state index is -2.51. The van der Waals surface area contributed by atoms with Crippen LogP contribution in [0.25, 0.3) is 0 Å². The molecule has 0 aromatic carbocycles. The first-order valence-electron chi connectivity index (χ1n) is 4.52. The minimum Gasteiger partial charge on any atom is -0.389 e. The van der Waals surface area contributed by atoms with Crippen molar-refractivity contribution in [2.24, 2.45) is 0 Å². The van der Waals surface area contributed by atoms with E-state index < -0.39 is 5.97 Å². The SMILES string of the molecule is OC(P)CCCCCCC(O)(O)O. The van der Waals surface area contributed by atoms with Gasteiger partial charge in [-0.25, -0.2) is 0 Å². The van der Waals surface area contributed by atoms with E-state index in [1.807, 2.05) is 0 Å². The number of hydrogen-bond donors (Lipinski definition) is 4. The van der Waals surface area contributed by atoms with Gasteiger partial charge in [-0.3, -0.25) is 0 Å². The van der Waals surface area contributed by atoms with Gasteiger partial charge in [0.05, 0.1) is 5.85 Å². The number of unbranched alkanes of at least 4 members (excludes halogenated alkanes) is 3. The summed E-state index contributed by atoms with van der Waals surface area (Å²) in [5.41, 5.74) is 0. The van der Waals surface area contributed by atoms with Crippen LogP contribution in [-0.4, -0.2) is 32.2 Å². The molecule has 80 valence electrons. The molecule has 0 amide bonds. The Hall–Kier alpha value is 0.270. The quantitative estimate of drug-likeness (QED) is 0.274. The fraction of sp³-hybridized carbons (Fsp3) is 1.00. The standard InChI is InChI=1S/C8H19O4P/c9-7(13)5-3-1-2-4-6-8(10,11)12/h7,9-12H,1-6,13H2. The first kappa shape index (κ1) is 13.3. The van der Waals surface area contributed by atoms with Gasteiger partial charge in [0.1, 0.15) is 0 Å². The lowest BCUT2D eigenvalue weighted by molar-refractivity contribution is -0.315. The topological polar surface area (TPSA) is 80.9 Å². The Morgan fingerprint density at radius 3 is 2.00 bits per heavy atom. The predicted molar refractivity (Wildman–Crippen MR) is 52.8 cm³/mol. The van der Waals surface area contributed by atoms with Gasteiger partial charge in [0, 0.05) is 6.42 Å². The van der Waals surface area contributed by atoms with Gasteiger partial charge in [-0.1, -0.05) is 19.3 Å². The zero-order chi connectivity index (χ0) is 10.3. The summed E-state index contributed by atoms with van der Waals surface area (Å²) in [7, 11) is 2.31. The summed E-state index contributed by atoms with van der Waals surface area (Å²) < 4.78 is 0. The number of hydrogen-bond acceptors (Lipinski definition) is 4. The fourth-order valence-electron chi connectivity index (χ4n) is 1.07. The van der Waals surface area contributed by atoms with Crippen LogP contribution in [0.2, 0.25) is 0 Å². The van der Waals surface area contributed by atoms with Crippen molar-refractivity contribution in [3.05, 3.63) is 0 Å². The molecule has 0 aliphatic rings. The van der Waals surface area contributed by atoms with Crippen LogP contribution in [-0.2, 0) is 0 Å². The summed E-state index contributed by atoms with van der Waals surface area (Å²) in [6.07, 6.45) is 3.99. The van der Waals surface area contributed by atoms with E-state index >= 15 is 0 Å². The Morgan fingerprint density at radius 2 is 1.54 bits per heavy atom. The van der Waals surface area contributed by atoms with Crippen molar-refractivity contribution in [1.82, 2.24) is 0 Å². The third-order valence-electron chi connectivity index (χ3n) is 1.76. The predicted octanol–water partition coefficient (Wildman–Crippen LogP) is 0.151. The molecule has 5 heteroatoms. The van der Waals surface area contributed by atoms with Crippen LogP contribution in [0.5, 0.6) is 0 Å². The highest BCUT2D eigenvalue weighted by molar-refractivity contribution is 7.17. The second-order valence-electron chi connectivity index (χ2n) is 3.29. The molecule has 0 rings (SSSR count). The maximum Gasteiger partial charge on any atom is 0.275 e. The van der Waals surface area contributed by atoms with Gasteiger partial charge in [-0.2, -0.15) is 0 Å². The molecule has 0 fully saturated rings. The number of aliphatic hydroxyl groups excluding tert-OH is 1. The van der Waals surface area contributed by atoms with E-state index in [0.717, 1.165) is 25.7 Å². The summed E-state index contributed by atoms with van der Waals surface area (Å²) in [6, 6.07) is 0. The molecule has 0 aliphatic carbocycles. The highest BCUT2D eigenvalue weighted by atomic mass is 31.0. The Labute approximate surface area is 80.8 Å². The highest BCUT2D eigenvalue weighted by Gasteiger charge is 2.16. The van der Waals surface area contributed by atoms with Crippen molar-refractivity contribution >= 4 is 9.24 Å². The van der Waals surface area contributed by atoms with Crippen LogP contribution in [0.15, 0.2) is 0 Å². The second kappa shape index (κ2) is 6.68. The molecule has 0 radical (unpaired) electrons. The average Bonchev–Trinajstić information content (AvgIpc) is 1.93. The molecule has 0 aromatic rings. The van der Waals surface area contributed by atoms with E-state index in [2.05, 4.69) is 9.24 Å². The van der Waals surface area contributed by atoms with Crippen LogP contribution in [0.4, 0.5) is 0 Å². The van der Waals surface area contributed by atoms with Crippen molar-refractivity contribution in [2.45, 2.75) is 50.3 Å². The molecule has 0 saturated carbocycles. The summed E-state index contributed by atoms with van der Waals surface area (Å²) in [5, 5.41) is 34.5. The van der Waals surface area contributed by atoms with E-state index in [1.165, 1.54) is 0 Å². The molecule has 4 nitrogen and oxygen atoms in total. The minimum absolute atomic E-state index is 0.0174. The molecular weight excluding hydrogens is 191 g/mol. The van der Waals surface area contributed by atoms with Crippen LogP contribution < -0.4 is 0 Å². The van der Waals surface area contributed by atoms with Crippen molar-refractivity contribution in [2.75, 3.05) is 0 Å². The zero-order valence-electron chi connectivity index (χ0n) is 7.69. The van der Waals surface area contributed by atoms with Gasteiger partial charge in [0.15, 0.2) is 0 Å². The van der Waals surface area contributed by atoms with Gasteiger partial charge in [0.25, 0.3) is 5.97 Å². The van der Waals surface area contributed by atoms with E-state index in [-0.39, 0.29) is 12.3 Å². The Kier molecular flexibility index (Phi) is 6.82. The molecule has 2 unspecified atom stereocenters. The first-order valence-corrected chi connectivity index (χ1v) is 5.19. The Balaban J connectivity index is 3.09. The van der Waals surface area contributed by atoms with Gasteiger partial charge < -0.3 is 20.4 Å². The second-order valence-corrected chi connectivity index (χ2v) is 4.06. The van der Waals surface area contributed by atoms with Crippen molar-refractivity contribution in [3.63, 3.8) is 0 Å². The maximum atomic E-state index is 8.88. The third kappa shape index (κ3) is 12.3. The van der Waals surface area contributed by atoms with Gasteiger partial charge in [-0.05, 0) is 12.8 Å². The summed E-state index contributed by atoms with van der Waals surface area (Å²) in [4.78, 5) is 0. The fourth-order valence-corrected chi connectivity index (χ4v) is 1.30. The lowest BCUT2D eigenvalue weighted by Gasteiger charge is -2.13. The third-order valence-corrected chi connectivity index (χ3v) is 2.10. The number of aliphatic hydroxyl groups is 4. The molecular formula is C8H19O4P. The van der Waals surface area contributed by atoms with E-state index in [4.69, 9.17) is 20.4 Å². The molecule has 0 saturated heterocycles. The first-order chi connectivity index (χ1) is 5.92. The van der Waals surface area contributed by atoms with Gasteiger partial charge in [-0.15, -0.1) is 9.24 Å². The average molecular weight is 210 g/mol. The molecule has 13 heavy (non-hydrogen) atoms. The highest BCUT2D eigenvalue weighted by Crippen LogP contribution is 2.13. The van der Waals surface area contributed by atoms with Crippen LogP contribution in [0.3, 0.4) is 0 Å². The number of rotatable bonds is 7. The van der Waals surface area contributed by atoms with Crippen LogP contribution in [0.1, 0.15) is 38.5 Å². The molecule has 0 heterocycles. The summed E-state index contributed by atoms with van der Waals surface area (Å²) in [5.74, 6) is -2.85. The Morgan fingerprint density at radius 1 is 1.00 bits per heavy atom. The zero-order valence-corrected chi connectivity index (χ0v) is 8.84. The van der Waals surface area contributed by atoms with Crippen LogP contribution in [0, 0.1) is 0 Å². The van der Waals surface area contributed by atoms with E-state index in [0.29, 0.717) is 6.42 Å². The molecule has 0 aliphatic heterocycles. The van der Waals surface area contributed by atoms with Crippen molar-refractivity contribution in [3.8, 4) is 0 Å². The van der Waals surface area contributed by atoms with Crippen molar-refractivity contribution < 1.29 is 20.4 Å². The monoisotopic (exact) mass is 210 g/mol. The van der Waals surface area contributed by atoms with Crippen LogP contribution >= 0.6 is 9.24 Å². The maximum absolute atomic E-state index is 8.88. The Bertz CT molecular complexity index is 122. The molecule has 0 spiro atoms. The molecule has 0 bridgehead atoms. The van der Waals surface area contributed by atoms with Gasteiger partial charge >= 0.3 is 0 Å². The smallest absolute Gasteiger partial charge is 0.275 e. The lowest BCUT2D eigenvalue weighted by atomic mass is 10.1. The van der Waals surface area contributed by atoms with Crippen molar-refractivity contribution in [1.29, 1.82) is 0 Å². The summed E-state index contributed by atoms with van der Waals surface area (Å²) >= 11 is 0. The molecule has 2 atom stereocenters. The molecule has 4 N–H and O–H groups in total.